The van der Waals surface area contributed by atoms with Crippen LogP contribution in [0, 0.1) is 11.6 Å². The lowest BCUT2D eigenvalue weighted by molar-refractivity contribution is 0.0567. The lowest BCUT2D eigenvalue weighted by atomic mass is 9.92. The molecule has 4 aromatic rings. The van der Waals surface area contributed by atoms with Crippen molar-refractivity contribution in [3.05, 3.63) is 107 Å². The number of carbonyl (C=O) groups is 1. The second kappa shape index (κ2) is 9.85. The summed E-state index contributed by atoms with van der Waals surface area (Å²) in [7, 11) is 0. The quantitative estimate of drug-likeness (QED) is 0.297. The van der Waals surface area contributed by atoms with Gasteiger partial charge < -0.3 is 14.4 Å². The maximum Gasteiger partial charge on any atom is 0.255 e. The van der Waals surface area contributed by atoms with Gasteiger partial charge >= 0.3 is 0 Å². The van der Waals surface area contributed by atoms with Crippen molar-refractivity contribution in [2.24, 2.45) is 0 Å². The molecule has 4 nitrogen and oxygen atoms in total. The van der Waals surface area contributed by atoms with Crippen molar-refractivity contribution in [2.75, 3.05) is 6.61 Å². The number of amides is 1. The summed E-state index contributed by atoms with van der Waals surface area (Å²) in [6.07, 6.45) is 0.355. The molecule has 0 saturated heterocycles. The highest BCUT2D eigenvalue weighted by molar-refractivity contribution is 6.07. The minimum atomic E-state index is -0.913. The van der Waals surface area contributed by atoms with Crippen LogP contribution in [0.5, 0.6) is 11.5 Å². The van der Waals surface area contributed by atoms with Gasteiger partial charge in [-0.2, -0.15) is 0 Å². The summed E-state index contributed by atoms with van der Waals surface area (Å²) in [4.78, 5) is 15.6. The third-order valence-corrected chi connectivity index (χ3v) is 6.45. The molecule has 4 aromatic carbocycles. The monoisotopic (exact) mass is 501 g/mol. The summed E-state index contributed by atoms with van der Waals surface area (Å²) in [6.45, 7) is 6.31. The van der Waals surface area contributed by atoms with Gasteiger partial charge in [0.1, 0.15) is 23.7 Å². The summed E-state index contributed by atoms with van der Waals surface area (Å²) < 4.78 is 40.0. The topological polar surface area (TPSA) is 38.8 Å². The van der Waals surface area contributed by atoms with E-state index in [2.05, 4.69) is 0 Å². The summed E-state index contributed by atoms with van der Waals surface area (Å²) >= 11 is 0. The molecule has 0 N–H and O–H groups in total. The Bertz CT molecular complexity index is 1440. The summed E-state index contributed by atoms with van der Waals surface area (Å²) in [5, 5.41) is 1.81. The van der Waals surface area contributed by atoms with Crippen LogP contribution in [0.3, 0.4) is 0 Å². The number of benzene rings is 4. The molecule has 1 amide bonds. The summed E-state index contributed by atoms with van der Waals surface area (Å²) in [5.41, 5.74) is 1.54. The third-order valence-electron chi connectivity index (χ3n) is 6.45. The Kier molecular flexibility index (Phi) is 6.59. The van der Waals surface area contributed by atoms with Crippen LogP contribution in [0.2, 0.25) is 0 Å². The molecule has 0 saturated carbocycles. The van der Waals surface area contributed by atoms with Crippen molar-refractivity contribution < 1.29 is 23.0 Å². The molecule has 0 bridgehead atoms. The molecule has 1 unspecified atom stereocenters. The Labute approximate surface area is 215 Å². The van der Waals surface area contributed by atoms with Crippen molar-refractivity contribution >= 4 is 16.7 Å². The van der Waals surface area contributed by atoms with Crippen LogP contribution >= 0.6 is 0 Å². The van der Waals surface area contributed by atoms with E-state index in [-0.39, 0.29) is 30.7 Å². The van der Waals surface area contributed by atoms with Gasteiger partial charge in [-0.05, 0) is 91.6 Å². The molecule has 190 valence electrons. The van der Waals surface area contributed by atoms with E-state index >= 15 is 0 Å². The molecule has 0 aliphatic carbocycles. The van der Waals surface area contributed by atoms with Crippen molar-refractivity contribution in [3.8, 4) is 11.5 Å². The molecule has 0 radical (unpaired) electrons. The molecule has 0 spiro atoms. The van der Waals surface area contributed by atoms with Crippen LogP contribution in [0.1, 0.15) is 42.3 Å². The second-order valence-corrected chi connectivity index (χ2v) is 10.3. The predicted molar refractivity (Wildman–Crippen MR) is 140 cm³/mol. The molecule has 1 atom stereocenters. The van der Waals surface area contributed by atoms with Crippen molar-refractivity contribution in [3.63, 3.8) is 0 Å². The average Bonchev–Trinajstić information content (AvgIpc) is 2.87. The van der Waals surface area contributed by atoms with Gasteiger partial charge in [0.25, 0.3) is 5.91 Å². The number of carbonyl (C=O) groups excluding carboxylic acids is 1. The van der Waals surface area contributed by atoms with E-state index in [0.717, 1.165) is 16.5 Å². The van der Waals surface area contributed by atoms with E-state index < -0.39 is 11.6 Å². The molecule has 6 heteroatoms. The van der Waals surface area contributed by atoms with E-state index in [1.54, 1.807) is 11.0 Å². The Morgan fingerprint density at radius 3 is 2.27 bits per heavy atom. The molecule has 1 aliphatic heterocycles. The van der Waals surface area contributed by atoms with Gasteiger partial charge in [-0.15, -0.1) is 0 Å². The maximum atomic E-state index is 14.1. The molecule has 37 heavy (non-hydrogen) atoms. The van der Waals surface area contributed by atoms with Crippen LogP contribution < -0.4 is 9.47 Å². The SMILES string of the molecule is CC(C)(C)Oc1ccc(OCC2Cc3cc(F)c(F)cc3CN2C(=O)c2cccc3ccccc23)cc1. The van der Waals surface area contributed by atoms with Crippen LogP contribution in [0.4, 0.5) is 8.78 Å². The Morgan fingerprint density at radius 2 is 1.54 bits per heavy atom. The molecule has 0 aromatic heterocycles. The van der Waals surface area contributed by atoms with Crippen LogP contribution in [-0.2, 0) is 13.0 Å². The first-order chi connectivity index (χ1) is 17.7. The Hall–Kier alpha value is -3.93. The van der Waals surface area contributed by atoms with Gasteiger partial charge in [0.15, 0.2) is 11.6 Å². The van der Waals surface area contributed by atoms with Gasteiger partial charge in [0, 0.05) is 12.1 Å². The van der Waals surface area contributed by atoms with Gasteiger partial charge in [-0.1, -0.05) is 36.4 Å². The smallest absolute Gasteiger partial charge is 0.255 e. The van der Waals surface area contributed by atoms with E-state index in [0.29, 0.717) is 28.9 Å². The van der Waals surface area contributed by atoms with E-state index in [1.807, 2.05) is 81.4 Å². The summed E-state index contributed by atoms with van der Waals surface area (Å²) in [5.74, 6) is -0.605. The first-order valence-electron chi connectivity index (χ1n) is 12.4. The number of nitrogens with zero attached hydrogens (tertiary/aromatic N) is 1. The Morgan fingerprint density at radius 1 is 0.892 bits per heavy atom. The van der Waals surface area contributed by atoms with Gasteiger partial charge in [0.2, 0.25) is 0 Å². The zero-order chi connectivity index (χ0) is 26.2. The van der Waals surface area contributed by atoms with E-state index in [9.17, 15) is 13.6 Å². The molecule has 0 fully saturated rings. The van der Waals surface area contributed by atoms with E-state index in [1.165, 1.54) is 12.1 Å². The van der Waals surface area contributed by atoms with Gasteiger partial charge in [-0.25, -0.2) is 8.78 Å². The fourth-order valence-corrected chi connectivity index (χ4v) is 4.75. The lowest BCUT2D eigenvalue weighted by Crippen LogP contribution is -2.47. The molecule has 1 heterocycles. The van der Waals surface area contributed by atoms with Crippen molar-refractivity contribution in [1.82, 2.24) is 4.90 Å². The number of halogens is 2. The van der Waals surface area contributed by atoms with Gasteiger partial charge in [-0.3, -0.25) is 4.79 Å². The third kappa shape index (κ3) is 5.43. The minimum absolute atomic E-state index is 0.168. The zero-order valence-electron chi connectivity index (χ0n) is 21.1. The molecular formula is C31H29F2NO3. The zero-order valence-corrected chi connectivity index (χ0v) is 21.1. The van der Waals surface area contributed by atoms with Crippen molar-refractivity contribution in [1.29, 1.82) is 0 Å². The van der Waals surface area contributed by atoms with Gasteiger partial charge in [0.05, 0.1) is 6.04 Å². The van der Waals surface area contributed by atoms with Crippen molar-refractivity contribution in [2.45, 2.75) is 45.4 Å². The standard InChI is InChI=1S/C31H29F2NO3/c1-31(2,3)37-25-13-11-24(12-14-25)36-19-23-15-21-16-28(32)29(33)17-22(21)18-34(23)30(35)27-10-6-8-20-7-4-5-9-26(20)27/h4-14,16-17,23H,15,18-19H2,1-3H3. The number of hydrogen-bond acceptors (Lipinski definition) is 3. The highest BCUT2D eigenvalue weighted by Gasteiger charge is 2.32. The largest absolute Gasteiger partial charge is 0.491 e. The highest BCUT2D eigenvalue weighted by Crippen LogP contribution is 2.30. The van der Waals surface area contributed by atoms with Crippen LogP contribution in [0.25, 0.3) is 10.8 Å². The molecular weight excluding hydrogens is 472 g/mol. The first-order valence-corrected chi connectivity index (χ1v) is 12.4. The average molecular weight is 502 g/mol. The first kappa shape index (κ1) is 24.8. The predicted octanol–water partition coefficient (Wildman–Crippen LogP) is 6.94. The number of hydrogen-bond donors (Lipinski definition) is 0. The fourth-order valence-electron chi connectivity index (χ4n) is 4.75. The normalized spacial score (nSPS) is 15.4. The molecule has 1 aliphatic rings. The minimum Gasteiger partial charge on any atom is -0.491 e. The van der Waals surface area contributed by atoms with Crippen LogP contribution in [0.15, 0.2) is 78.9 Å². The van der Waals surface area contributed by atoms with Crippen LogP contribution in [-0.4, -0.2) is 29.1 Å². The highest BCUT2D eigenvalue weighted by atomic mass is 19.2. The Balaban J connectivity index is 1.42. The summed E-state index contributed by atoms with van der Waals surface area (Å²) in [6, 6.07) is 22.7. The number of ether oxygens (including phenoxy) is 2. The van der Waals surface area contributed by atoms with E-state index in [4.69, 9.17) is 9.47 Å². The number of rotatable bonds is 5. The maximum absolute atomic E-state index is 14.1. The second-order valence-electron chi connectivity index (χ2n) is 10.3. The molecule has 5 rings (SSSR count). The lowest BCUT2D eigenvalue weighted by Gasteiger charge is -2.37. The fraction of sp³-hybridized carbons (Fsp3) is 0.258. The number of fused-ring (bicyclic) bond motifs is 2.